The average molecular weight is 217 g/mol. The molecule has 0 aromatic carbocycles. The van der Waals surface area contributed by atoms with E-state index in [4.69, 9.17) is 11.1 Å². The predicted octanol–water partition coefficient (Wildman–Crippen LogP) is 1.22. The maximum Gasteiger partial charge on any atom is 0.146 e. The molecule has 0 aliphatic heterocycles. The largest absolute Gasteiger partial charge is 0.384 e. The molecular formula is C11H15N5. The van der Waals surface area contributed by atoms with E-state index >= 15 is 0 Å². The van der Waals surface area contributed by atoms with Crippen LogP contribution in [-0.4, -0.2) is 20.0 Å². The summed E-state index contributed by atoms with van der Waals surface area (Å²) in [7, 11) is 0. The third kappa shape index (κ3) is 1.31. The van der Waals surface area contributed by atoms with E-state index in [1.807, 2.05) is 12.4 Å². The lowest BCUT2D eigenvalue weighted by Gasteiger charge is -2.25. The molecule has 3 N–H and O–H groups in total. The number of nitrogens with one attached hydrogen (secondary N) is 1. The molecular weight excluding hydrogens is 202 g/mol. The van der Waals surface area contributed by atoms with Crippen molar-refractivity contribution in [2.75, 3.05) is 0 Å². The van der Waals surface area contributed by atoms with Gasteiger partial charge in [0.25, 0.3) is 0 Å². The molecule has 5 heteroatoms. The first-order valence-electron chi connectivity index (χ1n) is 5.62. The van der Waals surface area contributed by atoms with Gasteiger partial charge in [0.2, 0.25) is 0 Å². The highest BCUT2D eigenvalue weighted by Gasteiger charge is 2.20. The molecule has 0 amide bonds. The van der Waals surface area contributed by atoms with Crippen molar-refractivity contribution in [2.45, 2.75) is 25.8 Å². The van der Waals surface area contributed by atoms with Crippen LogP contribution in [0.25, 0.3) is 5.65 Å². The third-order valence-electron chi connectivity index (χ3n) is 3.40. The van der Waals surface area contributed by atoms with Crippen LogP contribution < -0.4 is 5.73 Å². The Morgan fingerprint density at radius 3 is 2.94 bits per heavy atom. The number of nitrogen functional groups attached to an aromatic ring is 1. The molecule has 3 rings (SSSR count). The van der Waals surface area contributed by atoms with Crippen LogP contribution in [0.2, 0.25) is 0 Å². The van der Waals surface area contributed by atoms with E-state index in [1.54, 1.807) is 10.7 Å². The fourth-order valence-corrected chi connectivity index (χ4v) is 2.26. The Labute approximate surface area is 93.4 Å². The third-order valence-corrected chi connectivity index (χ3v) is 3.40. The van der Waals surface area contributed by atoms with Crippen molar-refractivity contribution in [3.63, 3.8) is 0 Å². The number of amidine groups is 1. The van der Waals surface area contributed by atoms with Gasteiger partial charge in [0.05, 0.1) is 11.8 Å². The first-order chi connectivity index (χ1) is 7.75. The molecule has 2 heterocycles. The Kier molecular flexibility index (Phi) is 1.99. The van der Waals surface area contributed by atoms with Crippen LogP contribution in [0.15, 0.2) is 18.6 Å². The summed E-state index contributed by atoms with van der Waals surface area (Å²) in [6, 6.07) is 0. The molecule has 0 radical (unpaired) electrons. The summed E-state index contributed by atoms with van der Waals surface area (Å²) < 4.78 is 3.95. The number of imidazole rings is 1. The standard InChI is InChI=1S/C11H15N5/c12-10(13)9-6-14-16-5-4-15(11(9)16)7-8-2-1-3-8/h4-6,8H,1-3,7H2,(H3,12,13). The molecule has 0 saturated heterocycles. The second kappa shape index (κ2) is 3.37. The van der Waals surface area contributed by atoms with Gasteiger partial charge in [-0.3, -0.25) is 5.41 Å². The van der Waals surface area contributed by atoms with Gasteiger partial charge in [-0.15, -0.1) is 0 Å². The monoisotopic (exact) mass is 217 g/mol. The van der Waals surface area contributed by atoms with Gasteiger partial charge in [-0.2, -0.15) is 5.10 Å². The predicted molar refractivity (Wildman–Crippen MR) is 61.5 cm³/mol. The Morgan fingerprint density at radius 1 is 1.50 bits per heavy atom. The number of nitrogens with zero attached hydrogens (tertiary/aromatic N) is 3. The SMILES string of the molecule is N=C(N)c1cnn2ccn(CC3CCC3)c12. The van der Waals surface area contributed by atoms with Crippen LogP contribution in [0.4, 0.5) is 0 Å². The summed E-state index contributed by atoms with van der Waals surface area (Å²) in [5.41, 5.74) is 7.22. The number of rotatable bonds is 3. The average Bonchev–Trinajstić information content (AvgIpc) is 2.71. The lowest BCUT2D eigenvalue weighted by Crippen LogP contribution is -2.19. The van der Waals surface area contributed by atoms with Crippen LogP contribution >= 0.6 is 0 Å². The minimum atomic E-state index is 0.0866. The summed E-state index contributed by atoms with van der Waals surface area (Å²) in [6.07, 6.45) is 9.57. The minimum absolute atomic E-state index is 0.0866. The van der Waals surface area contributed by atoms with Gasteiger partial charge in [0.15, 0.2) is 0 Å². The molecule has 1 saturated carbocycles. The van der Waals surface area contributed by atoms with Crippen molar-refractivity contribution in [1.29, 1.82) is 5.41 Å². The number of nitrogens with two attached hydrogens (primary N) is 1. The van der Waals surface area contributed by atoms with Gasteiger partial charge >= 0.3 is 0 Å². The lowest BCUT2D eigenvalue weighted by molar-refractivity contribution is 0.279. The quantitative estimate of drug-likeness (QED) is 0.599. The number of aromatic nitrogens is 3. The molecule has 84 valence electrons. The van der Waals surface area contributed by atoms with Gasteiger partial charge in [-0.05, 0) is 18.8 Å². The highest BCUT2D eigenvalue weighted by molar-refractivity contribution is 6.00. The van der Waals surface area contributed by atoms with E-state index in [0.717, 1.165) is 23.7 Å². The van der Waals surface area contributed by atoms with E-state index in [1.165, 1.54) is 19.3 Å². The number of hydrogen-bond acceptors (Lipinski definition) is 2. The van der Waals surface area contributed by atoms with Gasteiger partial charge in [0, 0.05) is 18.9 Å². The van der Waals surface area contributed by atoms with E-state index in [0.29, 0.717) is 0 Å². The molecule has 2 aromatic heterocycles. The fraction of sp³-hybridized carbons (Fsp3) is 0.455. The van der Waals surface area contributed by atoms with Gasteiger partial charge in [-0.25, -0.2) is 4.52 Å². The topological polar surface area (TPSA) is 72.1 Å². The van der Waals surface area contributed by atoms with Crippen molar-refractivity contribution < 1.29 is 0 Å². The Bertz CT molecular complexity index is 532. The lowest BCUT2D eigenvalue weighted by atomic mass is 9.85. The summed E-state index contributed by atoms with van der Waals surface area (Å²) in [5, 5.41) is 11.7. The summed E-state index contributed by atoms with van der Waals surface area (Å²) in [5.74, 6) is 0.870. The zero-order valence-electron chi connectivity index (χ0n) is 9.06. The Hall–Kier alpha value is -1.78. The first-order valence-corrected chi connectivity index (χ1v) is 5.62. The Balaban J connectivity index is 2.02. The van der Waals surface area contributed by atoms with Crippen molar-refractivity contribution >= 4 is 11.5 Å². The molecule has 0 spiro atoms. The summed E-state index contributed by atoms with van der Waals surface area (Å²) in [6.45, 7) is 1.02. The van der Waals surface area contributed by atoms with Crippen LogP contribution in [0, 0.1) is 11.3 Å². The summed E-state index contributed by atoms with van der Waals surface area (Å²) >= 11 is 0. The molecule has 2 aromatic rings. The second-order valence-electron chi connectivity index (χ2n) is 4.49. The number of fused-ring (bicyclic) bond motifs is 1. The molecule has 0 unspecified atom stereocenters. The maximum absolute atomic E-state index is 7.52. The Morgan fingerprint density at radius 2 is 2.31 bits per heavy atom. The molecule has 5 nitrogen and oxygen atoms in total. The van der Waals surface area contributed by atoms with Gasteiger partial charge in [-0.1, -0.05) is 6.42 Å². The van der Waals surface area contributed by atoms with Crippen molar-refractivity contribution in [3.05, 3.63) is 24.2 Å². The van der Waals surface area contributed by atoms with Gasteiger partial charge < -0.3 is 10.3 Å². The molecule has 0 atom stereocenters. The van der Waals surface area contributed by atoms with Gasteiger partial charge in [0.1, 0.15) is 11.5 Å². The van der Waals surface area contributed by atoms with E-state index in [2.05, 4.69) is 9.67 Å². The van der Waals surface area contributed by atoms with E-state index in [-0.39, 0.29) is 5.84 Å². The molecule has 1 aliphatic carbocycles. The number of hydrogen-bond donors (Lipinski definition) is 2. The smallest absolute Gasteiger partial charge is 0.146 e. The zero-order valence-corrected chi connectivity index (χ0v) is 9.06. The van der Waals surface area contributed by atoms with Crippen LogP contribution in [0.5, 0.6) is 0 Å². The zero-order chi connectivity index (χ0) is 11.1. The summed E-state index contributed by atoms with van der Waals surface area (Å²) in [4.78, 5) is 0. The van der Waals surface area contributed by atoms with Crippen LogP contribution in [-0.2, 0) is 6.54 Å². The normalized spacial score (nSPS) is 16.5. The van der Waals surface area contributed by atoms with Crippen molar-refractivity contribution in [2.24, 2.45) is 11.7 Å². The molecule has 1 aliphatic rings. The first kappa shape index (κ1) is 9.45. The van der Waals surface area contributed by atoms with E-state index in [9.17, 15) is 0 Å². The maximum atomic E-state index is 7.52. The molecule has 1 fully saturated rings. The minimum Gasteiger partial charge on any atom is -0.384 e. The van der Waals surface area contributed by atoms with Crippen molar-refractivity contribution in [3.8, 4) is 0 Å². The van der Waals surface area contributed by atoms with Crippen LogP contribution in [0.3, 0.4) is 0 Å². The van der Waals surface area contributed by atoms with Crippen molar-refractivity contribution in [1.82, 2.24) is 14.2 Å². The van der Waals surface area contributed by atoms with E-state index < -0.39 is 0 Å². The highest BCUT2D eigenvalue weighted by atomic mass is 15.3. The fourth-order valence-electron chi connectivity index (χ4n) is 2.26. The van der Waals surface area contributed by atoms with Crippen LogP contribution in [0.1, 0.15) is 24.8 Å². The molecule has 16 heavy (non-hydrogen) atoms. The highest BCUT2D eigenvalue weighted by Crippen LogP contribution is 2.28. The molecule has 0 bridgehead atoms. The second-order valence-corrected chi connectivity index (χ2v) is 4.49.